The zero-order valence-corrected chi connectivity index (χ0v) is 12.0. The second-order valence-corrected chi connectivity index (χ2v) is 5.91. The van der Waals surface area contributed by atoms with E-state index in [1.165, 1.54) is 5.69 Å². The van der Waals surface area contributed by atoms with Gasteiger partial charge in [0.05, 0.1) is 12.2 Å². The topological polar surface area (TPSA) is 88.5 Å². The molecule has 2 aliphatic carbocycles. The highest BCUT2D eigenvalue weighted by atomic mass is 16.2. The van der Waals surface area contributed by atoms with Crippen molar-refractivity contribution in [2.45, 2.75) is 44.1 Å². The van der Waals surface area contributed by atoms with Gasteiger partial charge in [0.2, 0.25) is 5.82 Å². The Balaban J connectivity index is 1.51. The van der Waals surface area contributed by atoms with Crippen LogP contribution in [0.1, 0.15) is 65.3 Å². The van der Waals surface area contributed by atoms with Gasteiger partial charge in [-0.1, -0.05) is 0 Å². The molecule has 7 heteroatoms. The van der Waals surface area contributed by atoms with Crippen LogP contribution in [-0.4, -0.2) is 30.9 Å². The Morgan fingerprint density at radius 3 is 3.10 bits per heavy atom. The lowest BCUT2D eigenvalue weighted by molar-refractivity contribution is 0.0922. The fourth-order valence-corrected chi connectivity index (χ4v) is 2.99. The van der Waals surface area contributed by atoms with Crippen molar-refractivity contribution in [2.24, 2.45) is 7.05 Å². The summed E-state index contributed by atoms with van der Waals surface area (Å²) in [5.41, 5.74) is 2.33. The van der Waals surface area contributed by atoms with Gasteiger partial charge in [0.15, 0.2) is 0 Å². The number of hydrogen-bond donors (Lipinski definition) is 2. The van der Waals surface area contributed by atoms with E-state index < -0.39 is 0 Å². The molecule has 110 valence electrons. The first-order valence-electron chi connectivity index (χ1n) is 7.46. The molecule has 1 atom stereocenters. The Kier molecular flexibility index (Phi) is 2.80. The van der Waals surface area contributed by atoms with Gasteiger partial charge in [0.1, 0.15) is 5.82 Å². The summed E-state index contributed by atoms with van der Waals surface area (Å²) in [5, 5.41) is 14.2. The van der Waals surface area contributed by atoms with E-state index >= 15 is 0 Å². The summed E-state index contributed by atoms with van der Waals surface area (Å²) in [6.07, 6.45) is 7.14. The van der Waals surface area contributed by atoms with Crippen molar-refractivity contribution >= 4 is 5.91 Å². The van der Waals surface area contributed by atoms with Crippen LogP contribution in [0.2, 0.25) is 0 Å². The molecule has 1 fully saturated rings. The first kappa shape index (κ1) is 12.6. The van der Waals surface area contributed by atoms with Gasteiger partial charge in [0.25, 0.3) is 5.91 Å². The second-order valence-electron chi connectivity index (χ2n) is 5.91. The lowest BCUT2D eigenvalue weighted by atomic mass is 9.93. The maximum absolute atomic E-state index is 12.3. The van der Waals surface area contributed by atoms with Crippen LogP contribution >= 0.6 is 0 Å². The lowest BCUT2D eigenvalue weighted by Gasteiger charge is -2.23. The molecule has 0 aliphatic heterocycles. The lowest BCUT2D eigenvalue weighted by Crippen LogP contribution is -2.31. The number of aromatic nitrogens is 5. The standard InChI is InChI=1S/C14H18N6O/c1-20-11-4-2-3-10(9(11)7-15-20)16-14(21)13-17-12(18-19-13)8-5-6-8/h7-8,10H,2-6H2,1H3,(H,16,21)(H,17,18,19). The Hall–Kier alpha value is -2.18. The van der Waals surface area contributed by atoms with Crippen LogP contribution in [-0.2, 0) is 13.5 Å². The van der Waals surface area contributed by atoms with E-state index in [1.54, 1.807) is 0 Å². The van der Waals surface area contributed by atoms with Crippen LogP contribution in [0.15, 0.2) is 6.20 Å². The highest BCUT2D eigenvalue weighted by Gasteiger charge is 2.29. The molecule has 2 aromatic rings. The summed E-state index contributed by atoms with van der Waals surface area (Å²) in [4.78, 5) is 16.6. The Morgan fingerprint density at radius 2 is 2.29 bits per heavy atom. The first-order chi connectivity index (χ1) is 10.2. The largest absolute Gasteiger partial charge is 0.342 e. The van der Waals surface area contributed by atoms with Crippen molar-refractivity contribution < 1.29 is 4.79 Å². The monoisotopic (exact) mass is 286 g/mol. The minimum Gasteiger partial charge on any atom is -0.342 e. The molecule has 1 amide bonds. The predicted octanol–water partition coefficient (Wildman–Crippen LogP) is 1.22. The van der Waals surface area contributed by atoms with Crippen molar-refractivity contribution in [3.05, 3.63) is 29.1 Å². The van der Waals surface area contributed by atoms with Crippen LogP contribution in [0, 0.1) is 0 Å². The summed E-state index contributed by atoms with van der Waals surface area (Å²) >= 11 is 0. The smallest absolute Gasteiger partial charge is 0.291 e. The fourth-order valence-electron chi connectivity index (χ4n) is 2.99. The van der Waals surface area contributed by atoms with Crippen LogP contribution in [0.25, 0.3) is 0 Å². The zero-order valence-electron chi connectivity index (χ0n) is 12.0. The SMILES string of the molecule is Cn1ncc2c1CCCC2NC(=O)c1n[nH]c(C2CC2)n1. The molecule has 4 rings (SSSR count). The molecule has 0 saturated heterocycles. The van der Waals surface area contributed by atoms with E-state index in [4.69, 9.17) is 0 Å². The average Bonchev–Trinajstić information content (AvgIpc) is 3.09. The number of amides is 1. The number of fused-ring (bicyclic) bond motifs is 1. The third kappa shape index (κ3) is 2.22. The maximum atomic E-state index is 12.3. The normalized spacial score (nSPS) is 21.1. The molecule has 0 spiro atoms. The number of carbonyl (C=O) groups is 1. The molecule has 2 heterocycles. The highest BCUT2D eigenvalue weighted by molar-refractivity contribution is 5.90. The summed E-state index contributed by atoms with van der Waals surface area (Å²) in [6.45, 7) is 0. The molecule has 7 nitrogen and oxygen atoms in total. The van der Waals surface area contributed by atoms with Gasteiger partial charge in [-0.3, -0.25) is 14.6 Å². The van der Waals surface area contributed by atoms with E-state index in [2.05, 4.69) is 25.6 Å². The van der Waals surface area contributed by atoms with Gasteiger partial charge in [0, 0.05) is 24.2 Å². The molecule has 2 aromatic heterocycles. The van der Waals surface area contributed by atoms with E-state index in [-0.39, 0.29) is 17.8 Å². The van der Waals surface area contributed by atoms with Gasteiger partial charge in [-0.2, -0.15) is 5.10 Å². The van der Waals surface area contributed by atoms with Gasteiger partial charge < -0.3 is 5.32 Å². The van der Waals surface area contributed by atoms with Gasteiger partial charge >= 0.3 is 0 Å². The predicted molar refractivity (Wildman–Crippen MR) is 74.7 cm³/mol. The Labute approximate surface area is 122 Å². The molecule has 1 unspecified atom stereocenters. The molecule has 0 radical (unpaired) electrons. The number of aryl methyl sites for hydroxylation is 1. The third-order valence-corrected chi connectivity index (χ3v) is 4.35. The zero-order chi connectivity index (χ0) is 14.4. The highest BCUT2D eigenvalue weighted by Crippen LogP contribution is 2.37. The number of aromatic amines is 1. The van der Waals surface area contributed by atoms with Crippen molar-refractivity contribution in [3.63, 3.8) is 0 Å². The van der Waals surface area contributed by atoms with E-state index in [0.29, 0.717) is 5.92 Å². The number of carbonyl (C=O) groups excluding carboxylic acids is 1. The fraction of sp³-hybridized carbons (Fsp3) is 0.571. The van der Waals surface area contributed by atoms with E-state index in [1.807, 2.05) is 17.9 Å². The number of rotatable bonds is 3. The van der Waals surface area contributed by atoms with Crippen LogP contribution in [0.3, 0.4) is 0 Å². The molecule has 21 heavy (non-hydrogen) atoms. The Morgan fingerprint density at radius 1 is 1.43 bits per heavy atom. The molecule has 2 aliphatic rings. The number of H-pyrrole nitrogens is 1. The van der Waals surface area contributed by atoms with E-state index in [0.717, 1.165) is 43.5 Å². The molecule has 0 bridgehead atoms. The Bertz CT molecular complexity index is 683. The van der Waals surface area contributed by atoms with Crippen molar-refractivity contribution in [2.75, 3.05) is 0 Å². The maximum Gasteiger partial charge on any atom is 0.291 e. The van der Waals surface area contributed by atoms with Crippen molar-refractivity contribution in [3.8, 4) is 0 Å². The minimum atomic E-state index is -0.208. The van der Waals surface area contributed by atoms with Crippen molar-refractivity contribution in [1.82, 2.24) is 30.3 Å². The van der Waals surface area contributed by atoms with Crippen LogP contribution < -0.4 is 5.32 Å². The van der Waals surface area contributed by atoms with Gasteiger partial charge in [-0.25, -0.2) is 4.98 Å². The summed E-state index contributed by atoms with van der Waals surface area (Å²) < 4.78 is 1.89. The molecular weight excluding hydrogens is 268 g/mol. The first-order valence-corrected chi connectivity index (χ1v) is 7.46. The molecule has 0 aromatic carbocycles. The van der Waals surface area contributed by atoms with Crippen LogP contribution in [0.5, 0.6) is 0 Å². The molecule has 2 N–H and O–H groups in total. The summed E-state index contributed by atoms with van der Waals surface area (Å²) in [7, 11) is 1.94. The molecule has 1 saturated carbocycles. The quantitative estimate of drug-likeness (QED) is 0.888. The third-order valence-electron chi connectivity index (χ3n) is 4.35. The number of nitrogens with zero attached hydrogens (tertiary/aromatic N) is 4. The number of nitrogens with one attached hydrogen (secondary N) is 2. The average molecular weight is 286 g/mol. The van der Waals surface area contributed by atoms with Gasteiger partial charge in [-0.15, -0.1) is 5.10 Å². The second kappa shape index (κ2) is 4.68. The number of hydrogen-bond acceptors (Lipinski definition) is 4. The van der Waals surface area contributed by atoms with Gasteiger partial charge in [-0.05, 0) is 32.1 Å². The molecular formula is C14H18N6O. The summed E-state index contributed by atoms with van der Waals surface area (Å²) in [5.74, 6) is 1.34. The minimum absolute atomic E-state index is 0.0119. The van der Waals surface area contributed by atoms with Crippen molar-refractivity contribution in [1.29, 1.82) is 0 Å². The summed E-state index contributed by atoms with van der Waals surface area (Å²) in [6, 6.07) is 0.0119. The van der Waals surface area contributed by atoms with Crippen LogP contribution in [0.4, 0.5) is 0 Å². The van der Waals surface area contributed by atoms with E-state index in [9.17, 15) is 4.79 Å².